The number of allylic oxidation sites excluding steroid dienone is 1. The van der Waals surface area contributed by atoms with Gasteiger partial charge < -0.3 is 0 Å². The van der Waals surface area contributed by atoms with Crippen molar-refractivity contribution in [2.24, 2.45) is 0 Å². The molecule has 0 aliphatic heterocycles. The lowest BCUT2D eigenvalue weighted by Gasteiger charge is -1.72. The third-order valence-electron chi connectivity index (χ3n) is 0.707. The molecule has 0 aromatic rings. The molecule has 0 unspecified atom stereocenters. The molecule has 0 rings (SSSR count). The second kappa shape index (κ2) is 4.65. The highest BCUT2D eigenvalue weighted by atomic mass is 13.8. The number of hydrogen-bond donors (Lipinski definition) is 0. The second-order valence-corrected chi connectivity index (χ2v) is 1.35. The van der Waals surface area contributed by atoms with Crippen LogP contribution in [0.15, 0.2) is 6.58 Å². The lowest BCUT2D eigenvalue weighted by molar-refractivity contribution is 0.805. The SMILES string of the molecule is C=[C+]CCCC. The number of rotatable bonds is 3. The van der Waals surface area contributed by atoms with Crippen molar-refractivity contribution in [3.8, 4) is 0 Å². The van der Waals surface area contributed by atoms with E-state index in [-0.39, 0.29) is 0 Å². The van der Waals surface area contributed by atoms with Crippen molar-refractivity contribution in [2.45, 2.75) is 26.2 Å². The Kier molecular flexibility index (Phi) is 4.38. The van der Waals surface area contributed by atoms with E-state index in [2.05, 4.69) is 19.6 Å². The predicted molar refractivity (Wildman–Crippen MR) is 28.4 cm³/mol. The Morgan fingerprint density at radius 3 is 2.50 bits per heavy atom. The van der Waals surface area contributed by atoms with Gasteiger partial charge in [0.2, 0.25) is 6.08 Å². The topological polar surface area (TPSA) is 0 Å². The van der Waals surface area contributed by atoms with Crippen LogP contribution in [0.25, 0.3) is 0 Å². The molecule has 0 aromatic carbocycles. The summed E-state index contributed by atoms with van der Waals surface area (Å²) >= 11 is 0. The molecule has 0 spiro atoms. The largest absolute Gasteiger partial charge is 0.214 e. The molecule has 0 saturated carbocycles. The standard InChI is InChI=1S/C6H11/c1-3-5-6-4-2/h1,4-6H2,2H3/q+1. The van der Waals surface area contributed by atoms with E-state index in [0.717, 1.165) is 6.42 Å². The van der Waals surface area contributed by atoms with Crippen LogP contribution in [0, 0.1) is 6.08 Å². The Bertz CT molecular complexity index is 29.0. The molecule has 34 valence electrons. The molecule has 0 aliphatic rings. The maximum atomic E-state index is 3.47. The van der Waals surface area contributed by atoms with Crippen LogP contribution in [0.4, 0.5) is 0 Å². The van der Waals surface area contributed by atoms with E-state index in [1.807, 2.05) is 0 Å². The molecule has 0 fully saturated rings. The van der Waals surface area contributed by atoms with Gasteiger partial charge in [-0.2, -0.15) is 0 Å². The molecule has 0 radical (unpaired) electrons. The molecule has 6 heavy (non-hydrogen) atoms. The normalized spacial score (nSPS) is 7.50. The maximum absolute atomic E-state index is 3.47. The van der Waals surface area contributed by atoms with Crippen molar-refractivity contribution in [2.75, 3.05) is 0 Å². The van der Waals surface area contributed by atoms with Gasteiger partial charge in [-0.05, 0) is 6.42 Å². The number of unbranched alkanes of at least 4 members (excludes halogenated alkanes) is 2. The van der Waals surface area contributed by atoms with E-state index < -0.39 is 0 Å². The third-order valence-corrected chi connectivity index (χ3v) is 0.707. The zero-order chi connectivity index (χ0) is 4.83. The monoisotopic (exact) mass is 83.1 g/mol. The fourth-order valence-electron chi connectivity index (χ4n) is 0.302. The Morgan fingerprint density at radius 2 is 2.33 bits per heavy atom. The summed E-state index contributed by atoms with van der Waals surface area (Å²) in [4.78, 5) is 0. The molecule has 0 heteroatoms. The molecule has 0 heterocycles. The molecule has 0 bridgehead atoms. The van der Waals surface area contributed by atoms with Gasteiger partial charge in [-0.3, -0.25) is 0 Å². The van der Waals surface area contributed by atoms with E-state index in [1.54, 1.807) is 0 Å². The van der Waals surface area contributed by atoms with E-state index in [0.29, 0.717) is 0 Å². The van der Waals surface area contributed by atoms with Gasteiger partial charge in [0.05, 0.1) is 0 Å². The fraction of sp³-hybridized carbons (Fsp3) is 0.667. The minimum Gasteiger partial charge on any atom is -0.0652 e. The van der Waals surface area contributed by atoms with Crippen molar-refractivity contribution < 1.29 is 0 Å². The van der Waals surface area contributed by atoms with Crippen molar-refractivity contribution in [3.63, 3.8) is 0 Å². The summed E-state index contributed by atoms with van der Waals surface area (Å²) in [6.45, 7) is 5.64. The first-order valence-electron chi connectivity index (χ1n) is 2.41. The van der Waals surface area contributed by atoms with Crippen LogP contribution in [0.3, 0.4) is 0 Å². The fourth-order valence-corrected chi connectivity index (χ4v) is 0.302. The van der Waals surface area contributed by atoms with Gasteiger partial charge >= 0.3 is 0 Å². The van der Waals surface area contributed by atoms with E-state index in [9.17, 15) is 0 Å². The quantitative estimate of drug-likeness (QED) is 0.362. The first-order valence-corrected chi connectivity index (χ1v) is 2.41. The van der Waals surface area contributed by atoms with E-state index >= 15 is 0 Å². The van der Waals surface area contributed by atoms with Crippen molar-refractivity contribution in [1.82, 2.24) is 0 Å². The van der Waals surface area contributed by atoms with Gasteiger partial charge in [-0.15, -0.1) is 0 Å². The lowest BCUT2D eigenvalue weighted by atomic mass is 10.3. The Morgan fingerprint density at radius 1 is 1.67 bits per heavy atom. The van der Waals surface area contributed by atoms with Gasteiger partial charge in [0, 0.05) is 0 Å². The Balaban J connectivity index is 2.49. The first-order chi connectivity index (χ1) is 2.91. The Labute approximate surface area is 39.9 Å². The first kappa shape index (κ1) is 5.65. The van der Waals surface area contributed by atoms with Gasteiger partial charge in [0.15, 0.2) is 6.42 Å². The summed E-state index contributed by atoms with van der Waals surface area (Å²) in [5.41, 5.74) is 0. The highest BCUT2D eigenvalue weighted by molar-refractivity contribution is 4.52. The van der Waals surface area contributed by atoms with Crippen molar-refractivity contribution in [1.29, 1.82) is 0 Å². The van der Waals surface area contributed by atoms with Gasteiger partial charge in [0.1, 0.15) is 6.58 Å². The van der Waals surface area contributed by atoms with Crippen LogP contribution in [0.2, 0.25) is 0 Å². The molecule has 0 amide bonds. The summed E-state index contributed by atoms with van der Waals surface area (Å²) in [6, 6.07) is 0. The van der Waals surface area contributed by atoms with Crippen LogP contribution >= 0.6 is 0 Å². The highest BCUT2D eigenvalue weighted by Crippen LogP contribution is 1.90. The maximum Gasteiger partial charge on any atom is 0.214 e. The second-order valence-electron chi connectivity index (χ2n) is 1.35. The molecule has 0 atom stereocenters. The summed E-state index contributed by atoms with van der Waals surface area (Å²) < 4.78 is 0. The smallest absolute Gasteiger partial charge is 0.0652 e. The zero-order valence-electron chi connectivity index (χ0n) is 4.33. The predicted octanol–water partition coefficient (Wildman–Crippen LogP) is 2.17. The minimum absolute atomic E-state index is 1.05. The van der Waals surface area contributed by atoms with Gasteiger partial charge in [-0.1, -0.05) is 13.3 Å². The molecule has 0 aliphatic carbocycles. The lowest BCUT2D eigenvalue weighted by Crippen LogP contribution is -1.62. The molecule has 0 N–H and O–H groups in total. The van der Waals surface area contributed by atoms with E-state index in [1.165, 1.54) is 12.8 Å². The van der Waals surface area contributed by atoms with Crippen LogP contribution in [0.5, 0.6) is 0 Å². The minimum atomic E-state index is 1.05. The molecule has 0 nitrogen and oxygen atoms in total. The van der Waals surface area contributed by atoms with Gasteiger partial charge in [-0.25, -0.2) is 0 Å². The average molecular weight is 83.2 g/mol. The van der Waals surface area contributed by atoms with Crippen LogP contribution < -0.4 is 0 Å². The summed E-state index contributed by atoms with van der Waals surface area (Å²) in [7, 11) is 0. The average Bonchev–Trinajstić information content (AvgIpc) is 1.61. The van der Waals surface area contributed by atoms with Crippen LogP contribution in [0.1, 0.15) is 26.2 Å². The van der Waals surface area contributed by atoms with Crippen LogP contribution in [-0.4, -0.2) is 0 Å². The van der Waals surface area contributed by atoms with Crippen LogP contribution in [-0.2, 0) is 0 Å². The van der Waals surface area contributed by atoms with Crippen molar-refractivity contribution in [3.05, 3.63) is 12.7 Å². The summed E-state index contributed by atoms with van der Waals surface area (Å²) in [5.74, 6) is 0. The van der Waals surface area contributed by atoms with E-state index in [4.69, 9.17) is 0 Å². The molecular formula is C6H11+. The molecular weight excluding hydrogens is 72.1 g/mol. The zero-order valence-corrected chi connectivity index (χ0v) is 4.33. The van der Waals surface area contributed by atoms with Crippen molar-refractivity contribution >= 4 is 0 Å². The summed E-state index contributed by atoms with van der Waals surface area (Å²) in [5, 5.41) is 0. The van der Waals surface area contributed by atoms with Gasteiger partial charge in [0.25, 0.3) is 0 Å². The Hall–Kier alpha value is -0.350. The molecule has 0 saturated heterocycles. The summed E-state index contributed by atoms with van der Waals surface area (Å²) in [6.07, 6.45) is 6.36. The molecule has 0 aromatic heterocycles. The highest BCUT2D eigenvalue weighted by Gasteiger charge is 1.83. The third kappa shape index (κ3) is 3.65. The number of hydrogen-bond acceptors (Lipinski definition) is 0.